The Hall–Kier alpha value is -1.36. The van der Waals surface area contributed by atoms with Crippen LogP contribution in [0.2, 0.25) is 0 Å². The van der Waals surface area contributed by atoms with Crippen molar-refractivity contribution in [2.45, 2.75) is 32.7 Å². The van der Waals surface area contributed by atoms with Gasteiger partial charge in [0, 0.05) is 11.9 Å². The van der Waals surface area contributed by atoms with Gasteiger partial charge in [0.15, 0.2) is 0 Å². The second kappa shape index (κ2) is 6.39. The summed E-state index contributed by atoms with van der Waals surface area (Å²) in [4.78, 5) is 27.2. The molecule has 1 aromatic heterocycles. The fraction of sp³-hybridized carbons (Fsp3) is 0.600. The first-order valence-corrected chi connectivity index (χ1v) is 7.78. The number of ether oxygens (including phenoxy) is 1. The number of carbonyl (C=O) groups is 2. The molecule has 2 rings (SSSR count). The molecule has 1 amide bonds. The van der Waals surface area contributed by atoms with Gasteiger partial charge in [-0.15, -0.1) is 11.3 Å². The van der Waals surface area contributed by atoms with E-state index in [2.05, 4.69) is 13.0 Å². The number of hydrogen-bond acceptors (Lipinski definition) is 4. The largest absolute Gasteiger partial charge is 0.469 e. The molecule has 1 aliphatic carbocycles. The summed E-state index contributed by atoms with van der Waals surface area (Å²) in [6.45, 7) is 2.67. The number of nitrogens with zero attached hydrogens (tertiary/aromatic N) is 1. The molecule has 0 saturated heterocycles. The topological polar surface area (TPSA) is 46.6 Å². The van der Waals surface area contributed by atoms with Crippen molar-refractivity contribution in [2.24, 2.45) is 11.8 Å². The molecule has 0 bridgehead atoms. The summed E-state index contributed by atoms with van der Waals surface area (Å²) in [7, 11) is 3.20. The maximum Gasteiger partial charge on any atom is 0.309 e. The van der Waals surface area contributed by atoms with E-state index in [0.717, 1.165) is 19.3 Å². The number of carbonyl (C=O) groups excluding carboxylic acids is 2. The van der Waals surface area contributed by atoms with Crippen LogP contribution in [-0.2, 0) is 20.9 Å². The van der Waals surface area contributed by atoms with Crippen molar-refractivity contribution in [1.29, 1.82) is 0 Å². The fourth-order valence-corrected chi connectivity index (χ4v) is 3.79. The van der Waals surface area contributed by atoms with Gasteiger partial charge in [0.2, 0.25) is 5.91 Å². The SMILES string of the molecule is COC(=O)C1CCCC1C(=O)N(C)Cc1sccc1C. The molecule has 0 aromatic carbocycles. The molecule has 0 aliphatic heterocycles. The van der Waals surface area contributed by atoms with E-state index >= 15 is 0 Å². The molecule has 5 heteroatoms. The number of aryl methyl sites for hydroxylation is 1. The third-order valence-corrected chi connectivity index (χ3v) is 5.07. The summed E-state index contributed by atoms with van der Waals surface area (Å²) in [5, 5.41) is 2.04. The third-order valence-electron chi connectivity index (χ3n) is 4.06. The molecule has 4 nitrogen and oxygen atoms in total. The molecule has 20 heavy (non-hydrogen) atoms. The van der Waals surface area contributed by atoms with E-state index in [0.29, 0.717) is 6.54 Å². The predicted octanol–water partition coefficient (Wildman–Crippen LogP) is 2.60. The first-order chi connectivity index (χ1) is 9.54. The van der Waals surface area contributed by atoms with Gasteiger partial charge in [0.1, 0.15) is 0 Å². The lowest BCUT2D eigenvalue weighted by Crippen LogP contribution is -2.36. The predicted molar refractivity (Wildman–Crippen MR) is 78.4 cm³/mol. The van der Waals surface area contributed by atoms with E-state index < -0.39 is 0 Å². The molecule has 1 aliphatic rings. The lowest BCUT2D eigenvalue weighted by Gasteiger charge is -2.24. The van der Waals surface area contributed by atoms with Gasteiger partial charge in [-0.2, -0.15) is 0 Å². The van der Waals surface area contributed by atoms with E-state index in [1.165, 1.54) is 17.6 Å². The fourth-order valence-electron chi connectivity index (χ4n) is 2.83. The van der Waals surface area contributed by atoms with Crippen molar-refractivity contribution in [3.05, 3.63) is 21.9 Å². The summed E-state index contributed by atoms with van der Waals surface area (Å²) < 4.78 is 4.81. The van der Waals surface area contributed by atoms with Crippen LogP contribution >= 0.6 is 11.3 Å². The lowest BCUT2D eigenvalue weighted by atomic mass is 9.95. The minimum Gasteiger partial charge on any atom is -0.469 e. The minimum absolute atomic E-state index is 0.0608. The summed E-state index contributed by atoms with van der Waals surface area (Å²) in [6.07, 6.45) is 2.46. The molecule has 1 saturated carbocycles. The van der Waals surface area contributed by atoms with E-state index in [1.807, 2.05) is 12.4 Å². The molecule has 110 valence electrons. The standard InChI is InChI=1S/C15H21NO3S/c1-10-7-8-20-13(10)9-16(2)14(17)11-5-4-6-12(11)15(18)19-3/h7-8,11-12H,4-6,9H2,1-3H3. The Morgan fingerprint density at radius 1 is 1.40 bits per heavy atom. The van der Waals surface area contributed by atoms with Crippen molar-refractivity contribution in [2.75, 3.05) is 14.2 Å². The second-order valence-electron chi connectivity index (χ2n) is 5.39. The number of thiophene rings is 1. The molecule has 0 N–H and O–H groups in total. The van der Waals surface area contributed by atoms with E-state index in [9.17, 15) is 9.59 Å². The lowest BCUT2D eigenvalue weighted by molar-refractivity contribution is -0.151. The van der Waals surface area contributed by atoms with Crippen LogP contribution in [0.4, 0.5) is 0 Å². The Balaban J connectivity index is 2.03. The van der Waals surface area contributed by atoms with Crippen molar-refractivity contribution < 1.29 is 14.3 Å². The first-order valence-electron chi connectivity index (χ1n) is 6.90. The van der Waals surface area contributed by atoms with Crippen molar-refractivity contribution in [1.82, 2.24) is 4.90 Å². The zero-order valence-electron chi connectivity index (χ0n) is 12.2. The highest BCUT2D eigenvalue weighted by Gasteiger charge is 2.39. The Labute approximate surface area is 123 Å². The molecular weight excluding hydrogens is 274 g/mol. The van der Waals surface area contributed by atoms with Crippen LogP contribution in [0, 0.1) is 18.8 Å². The van der Waals surface area contributed by atoms with Gasteiger partial charge in [0.05, 0.1) is 25.5 Å². The van der Waals surface area contributed by atoms with Crippen molar-refractivity contribution in [3.8, 4) is 0 Å². The molecule has 0 radical (unpaired) electrons. The van der Waals surface area contributed by atoms with Gasteiger partial charge < -0.3 is 9.64 Å². The normalized spacial score (nSPS) is 21.8. The van der Waals surface area contributed by atoms with Gasteiger partial charge in [-0.3, -0.25) is 9.59 Å². The van der Waals surface area contributed by atoms with Gasteiger partial charge in [-0.05, 0) is 36.8 Å². The average Bonchev–Trinajstić information content (AvgIpc) is 3.06. The summed E-state index contributed by atoms with van der Waals surface area (Å²) in [5.74, 6) is -0.667. The average molecular weight is 295 g/mol. The van der Waals surface area contributed by atoms with E-state index in [4.69, 9.17) is 4.74 Å². The zero-order chi connectivity index (χ0) is 14.7. The first kappa shape index (κ1) is 15.0. The molecule has 1 fully saturated rings. The van der Waals surface area contributed by atoms with Crippen molar-refractivity contribution >= 4 is 23.2 Å². The monoisotopic (exact) mass is 295 g/mol. The molecule has 2 unspecified atom stereocenters. The number of hydrogen-bond donors (Lipinski definition) is 0. The van der Waals surface area contributed by atoms with Crippen LogP contribution in [-0.4, -0.2) is 30.9 Å². The Morgan fingerprint density at radius 2 is 2.10 bits per heavy atom. The highest BCUT2D eigenvalue weighted by Crippen LogP contribution is 2.34. The molecule has 0 spiro atoms. The van der Waals surface area contributed by atoms with Crippen molar-refractivity contribution in [3.63, 3.8) is 0 Å². The maximum absolute atomic E-state index is 12.5. The number of esters is 1. The van der Waals surface area contributed by atoms with Gasteiger partial charge in [-0.1, -0.05) is 6.42 Å². The number of amides is 1. The van der Waals surface area contributed by atoms with E-state index in [1.54, 1.807) is 16.2 Å². The van der Waals surface area contributed by atoms with Gasteiger partial charge in [0.25, 0.3) is 0 Å². The van der Waals surface area contributed by atoms with Crippen LogP contribution in [0.3, 0.4) is 0 Å². The molecule has 1 heterocycles. The quantitative estimate of drug-likeness (QED) is 0.802. The Bertz CT molecular complexity index is 497. The zero-order valence-corrected chi connectivity index (χ0v) is 13.0. The highest BCUT2D eigenvalue weighted by atomic mass is 32.1. The summed E-state index contributed by atoms with van der Waals surface area (Å²) in [6, 6.07) is 2.06. The van der Waals surface area contributed by atoms with E-state index in [-0.39, 0.29) is 23.7 Å². The molecular formula is C15H21NO3S. The number of methoxy groups -OCH3 is 1. The third kappa shape index (κ3) is 3.03. The van der Waals surface area contributed by atoms with Crippen LogP contribution in [0.5, 0.6) is 0 Å². The van der Waals surface area contributed by atoms with Crippen LogP contribution in [0.25, 0.3) is 0 Å². The minimum atomic E-state index is -0.264. The Morgan fingerprint density at radius 3 is 2.70 bits per heavy atom. The smallest absolute Gasteiger partial charge is 0.309 e. The van der Waals surface area contributed by atoms with Crippen LogP contribution in [0.1, 0.15) is 29.7 Å². The van der Waals surface area contributed by atoms with Gasteiger partial charge in [-0.25, -0.2) is 0 Å². The second-order valence-corrected chi connectivity index (χ2v) is 6.39. The van der Waals surface area contributed by atoms with Crippen LogP contribution in [0.15, 0.2) is 11.4 Å². The summed E-state index contributed by atoms with van der Waals surface area (Å²) in [5.41, 5.74) is 1.21. The maximum atomic E-state index is 12.5. The highest BCUT2D eigenvalue weighted by molar-refractivity contribution is 7.10. The summed E-state index contributed by atoms with van der Waals surface area (Å²) >= 11 is 1.66. The molecule has 2 atom stereocenters. The van der Waals surface area contributed by atoms with Gasteiger partial charge >= 0.3 is 5.97 Å². The van der Waals surface area contributed by atoms with Crippen LogP contribution < -0.4 is 0 Å². The molecule has 1 aromatic rings. The number of rotatable bonds is 4. The Kier molecular flexibility index (Phi) is 4.81.